The second kappa shape index (κ2) is 11.3. The summed E-state index contributed by atoms with van der Waals surface area (Å²) in [6, 6.07) is 67.9. The van der Waals surface area contributed by atoms with Crippen LogP contribution in [0.2, 0.25) is 0 Å². The first-order valence-electron chi connectivity index (χ1n) is 16.2. The zero-order chi connectivity index (χ0) is 31.2. The number of nitrogens with zero attached hydrogens (tertiary/aromatic N) is 1. The van der Waals surface area contributed by atoms with Crippen molar-refractivity contribution in [3.63, 3.8) is 0 Å². The molecule has 0 bridgehead atoms. The van der Waals surface area contributed by atoms with Crippen LogP contribution in [0.5, 0.6) is 0 Å². The molecule has 1 aliphatic carbocycles. The van der Waals surface area contributed by atoms with E-state index in [0.29, 0.717) is 0 Å². The Morgan fingerprint density at radius 3 is 1.15 bits per heavy atom. The van der Waals surface area contributed by atoms with Gasteiger partial charge >= 0.3 is 0 Å². The maximum absolute atomic E-state index is 2.47. The van der Waals surface area contributed by atoms with Crippen molar-refractivity contribution in [3.05, 3.63) is 188 Å². The largest absolute Gasteiger partial charge is 0.309 e. The average molecular weight is 598 g/mol. The normalized spacial score (nSPS) is 11.4. The van der Waals surface area contributed by atoms with Crippen LogP contribution in [0, 0.1) is 0 Å². The molecule has 0 N–H and O–H groups in total. The number of hydrogen-bond donors (Lipinski definition) is 0. The van der Waals surface area contributed by atoms with E-state index in [1.807, 2.05) is 0 Å². The SMILES string of the molecule is c1ccc(-c2ccc(N(c3ccc(-c4ccccc4)cc3)c3c4c(c(-c5ccccc5)c5ccccc35)-c3ccccc3-4)cc2)cc1. The third-order valence-corrected chi connectivity index (χ3v) is 9.41. The van der Waals surface area contributed by atoms with Crippen LogP contribution in [0.15, 0.2) is 188 Å². The molecular weight excluding hydrogens is 567 g/mol. The molecule has 0 atom stereocenters. The summed E-state index contributed by atoms with van der Waals surface area (Å²) in [5, 5.41) is 2.49. The summed E-state index contributed by atoms with van der Waals surface area (Å²) in [7, 11) is 0. The minimum absolute atomic E-state index is 1.13. The molecule has 0 fully saturated rings. The van der Waals surface area contributed by atoms with Crippen molar-refractivity contribution in [1.82, 2.24) is 0 Å². The number of anilines is 3. The molecular formula is C46H31N. The van der Waals surface area contributed by atoms with E-state index in [9.17, 15) is 0 Å². The van der Waals surface area contributed by atoms with Crippen molar-refractivity contribution in [2.45, 2.75) is 0 Å². The lowest BCUT2D eigenvalue weighted by atomic mass is 9.73. The first kappa shape index (κ1) is 27.2. The van der Waals surface area contributed by atoms with Gasteiger partial charge in [-0.3, -0.25) is 0 Å². The van der Waals surface area contributed by atoms with Gasteiger partial charge < -0.3 is 4.90 Å². The van der Waals surface area contributed by atoms with Crippen LogP contribution in [0.1, 0.15) is 0 Å². The molecule has 0 amide bonds. The monoisotopic (exact) mass is 597 g/mol. The predicted molar refractivity (Wildman–Crippen MR) is 199 cm³/mol. The van der Waals surface area contributed by atoms with E-state index in [2.05, 4.69) is 193 Å². The minimum Gasteiger partial charge on any atom is -0.309 e. The smallest absolute Gasteiger partial charge is 0.0625 e. The molecule has 0 heterocycles. The van der Waals surface area contributed by atoms with Crippen molar-refractivity contribution in [1.29, 1.82) is 0 Å². The highest BCUT2D eigenvalue weighted by Crippen LogP contribution is 2.61. The van der Waals surface area contributed by atoms with Crippen molar-refractivity contribution < 1.29 is 0 Å². The molecule has 1 aliphatic rings. The van der Waals surface area contributed by atoms with Crippen molar-refractivity contribution >= 4 is 27.8 Å². The lowest BCUT2D eigenvalue weighted by Crippen LogP contribution is -2.15. The van der Waals surface area contributed by atoms with Crippen LogP contribution in [-0.2, 0) is 0 Å². The van der Waals surface area contributed by atoms with E-state index >= 15 is 0 Å². The number of fused-ring (bicyclic) bond motifs is 5. The van der Waals surface area contributed by atoms with Gasteiger partial charge in [0, 0.05) is 27.9 Å². The Morgan fingerprint density at radius 2 is 0.638 bits per heavy atom. The van der Waals surface area contributed by atoms with Crippen molar-refractivity contribution in [2.24, 2.45) is 0 Å². The fraction of sp³-hybridized carbons (Fsp3) is 0. The second-order valence-corrected chi connectivity index (χ2v) is 12.1. The van der Waals surface area contributed by atoms with E-state index in [-0.39, 0.29) is 0 Å². The van der Waals surface area contributed by atoms with E-state index in [0.717, 1.165) is 11.4 Å². The standard InChI is InChI=1S/C46H31N/c1-4-14-32(15-5-1)34-24-28-37(29-25-34)47(38-30-26-35(27-31-38)33-16-6-2-7-17-33)46-42-23-13-12-22-41(42)43(36-18-8-3-9-19-36)44-39-20-10-11-21-40(39)45(44)46/h1-31H. The van der Waals surface area contributed by atoms with Crippen LogP contribution < -0.4 is 4.90 Å². The quantitative estimate of drug-likeness (QED) is 0.184. The van der Waals surface area contributed by atoms with E-state index < -0.39 is 0 Å². The first-order chi connectivity index (χ1) is 23.3. The van der Waals surface area contributed by atoms with Gasteiger partial charge in [0.2, 0.25) is 0 Å². The summed E-state index contributed by atoms with van der Waals surface area (Å²) in [4.78, 5) is 2.47. The van der Waals surface area contributed by atoms with Gasteiger partial charge in [-0.1, -0.05) is 164 Å². The summed E-state index contributed by atoms with van der Waals surface area (Å²) in [5.74, 6) is 0. The zero-order valence-electron chi connectivity index (χ0n) is 25.8. The number of rotatable bonds is 6. The molecule has 1 heteroatoms. The van der Waals surface area contributed by atoms with Crippen LogP contribution in [0.4, 0.5) is 17.1 Å². The van der Waals surface area contributed by atoms with Gasteiger partial charge in [0.05, 0.1) is 5.69 Å². The maximum Gasteiger partial charge on any atom is 0.0625 e. The molecule has 0 unspecified atom stereocenters. The van der Waals surface area contributed by atoms with Gasteiger partial charge in [-0.05, 0) is 74.2 Å². The molecule has 0 radical (unpaired) electrons. The lowest BCUT2D eigenvalue weighted by Gasteiger charge is -2.37. The summed E-state index contributed by atoms with van der Waals surface area (Å²) in [5.41, 5.74) is 16.1. The van der Waals surface area contributed by atoms with Crippen LogP contribution in [0.3, 0.4) is 0 Å². The van der Waals surface area contributed by atoms with Gasteiger partial charge in [-0.15, -0.1) is 0 Å². The third-order valence-electron chi connectivity index (χ3n) is 9.41. The van der Waals surface area contributed by atoms with E-state index in [1.165, 1.54) is 72.1 Å². The van der Waals surface area contributed by atoms with Crippen LogP contribution >= 0.6 is 0 Å². The van der Waals surface area contributed by atoms with Gasteiger partial charge in [0.25, 0.3) is 0 Å². The van der Waals surface area contributed by atoms with Gasteiger partial charge in [-0.25, -0.2) is 0 Å². The Hall–Kier alpha value is -6.18. The molecule has 0 saturated heterocycles. The summed E-state index contributed by atoms with van der Waals surface area (Å²) >= 11 is 0. The van der Waals surface area contributed by atoms with Crippen molar-refractivity contribution in [2.75, 3.05) is 4.90 Å². The molecule has 0 aromatic heterocycles. The van der Waals surface area contributed by atoms with Crippen LogP contribution in [0.25, 0.3) is 66.4 Å². The Balaban J connectivity index is 1.31. The Bertz CT molecular complexity index is 2270. The Kier molecular flexibility index (Phi) is 6.54. The third kappa shape index (κ3) is 4.56. The topological polar surface area (TPSA) is 3.24 Å². The summed E-state index contributed by atoms with van der Waals surface area (Å²) < 4.78 is 0. The lowest BCUT2D eigenvalue weighted by molar-refractivity contribution is 1.29. The first-order valence-corrected chi connectivity index (χ1v) is 16.2. The second-order valence-electron chi connectivity index (χ2n) is 12.1. The molecule has 47 heavy (non-hydrogen) atoms. The highest BCUT2D eigenvalue weighted by Gasteiger charge is 2.34. The van der Waals surface area contributed by atoms with Gasteiger partial charge in [0.15, 0.2) is 0 Å². The van der Waals surface area contributed by atoms with E-state index in [4.69, 9.17) is 0 Å². The average Bonchev–Trinajstić information content (AvgIpc) is 3.15. The van der Waals surface area contributed by atoms with Gasteiger partial charge in [-0.2, -0.15) is 0 Å². The molecule has 0 spiro atoms. The van der Waals surface area contributed by atoms with Gasteiger partial charge in [0.1, 0.15) is 0 Å². The molecule has 8 aromatic carbocycles. The molecule has 9 rings (SSSR count). The Labute approximate surface area is 275 Å². The molecule has 0 saturated carbocycles. The Morgan fingerprint density at radius 1 is 0.255 bits per heavy atom. The van der Waals surface area contributed by atoms with E-state index in [1.54, 1.807) is 0 Å². The number of benzene rings is 8. The molecule has 1 nitrogen and oxygen atoms in total. The summed E-state index contributed by atoms with van der Waals surface area (Å²) in [6.45, 7) is 0. The fourth-order valence-corrected chi connectivity index (χ4v) is 7.22. The zero-order valence-corrected chi connectivity index (χ0v) is 25.8. The molecule has 8 aromatic rings. The minimum atomic E-state index is 1.13. The summed E-state index contributed by atoms with van der Waals surface area (Å²) in [6.07, 6.45) is 0. The maximum atomic E-state index is 2.47. The highest BCUT2D eigenvalue weighted by atomic mass is 15.1. The molecule has 220 valence electrons. The highest BCUT2D eigenvalue weighted by molar-refractivity contribution is 6.25. The van der Waals surface area contributed by atoms with Crippen molar-refractivity contribution in [3.8, 4) is 55.6 Å². The fourth-order valence-electron chi connectivity index (χ4n) is 7.22. The predicted octanol–water partition coefficient (Wildman–Crippen LogP) is 13.0. The van der Waals surface area contributed by atoms with Crippen LogP contribution in [-0.4, -0.2) is 0 Å². The number of hydrogen-bond acceptors (Lipinski definition) is 1. The molecule has 0 aliphatic heterocycles.